The molecular formula is C17H22O2. The van der Waals surface area contributed by atoms with Crippen molar-refractivity contribution in [2.75, 3.05) is 0 Å². The van der Waals surface area contributed by atoms with Gasteiger partial charge >= 0.3 is 0 Å². The minimum Gasteiger partial charge on any atom is -0.491 e. The molecule has 0 amide bonds. The maximum Gasteiger partial charge on any atom is 0.156 e. The molecule has 19 heavy (non-hydrogen) atoms. The molecule has 0 radical (unpaired) electrons. The van der Waals surface area contributed by atoms with Gasteiger partial charge < -0.3 is 4.74 Å². The first-order valence-corrected chi connectivity index (χ1v) is 6.86. The lowest BCUT2D eigenvalue weighted by Gasteiger charge is -2.29. The molecule has 102 valence electrons. The summed E-state index contributed by atoms with van der Waals surface area (Å²) in [5.74, 6) is 1.11. The molecule has 0 aromatic heterocycles. The molecule has 0 heterocycles. The van der Waals surface area contributed by atoms with Crippen LogP contribution < -0.4 is 4.74 Å². The number of hydrogen-bond acceptors (Lipinski definition) is 2. The number of hydrogen-bond donors (Lipinski definition) is 0. The van der Waals surface area contributed by atoms with Gasteiger partial charge in [-0.1, -0.05) is 26.0 Å². The quantitative estimate of drug-likeness (QED) is 0.810. The van der Waals surface area contributed by atoms with Crippen molar-refractivity contribution in [1.29, 1.82) is 0 Å². The molecule has 0 aliphatic heterocycles. The Kier molecular flexibility index (Phi) is 3.79. The van der Waals surface area contributed by atoms with Gasteiger partial charge in [0.15, 0.2) is 5.78 Å². The average molecular weight is 258 g/mol. The number of ether oxygens (including phenoxy) is 1. The Morgan fingerprint density at radius 1 is 1.11 bits per heavy atom. The molecule has 0 saturated carbocycles. The summed E-state index contributed by atoms with van der Waals surface area (Å²) in [6.45, 7) is 8.32. The molecule has 1 aromatic rings. The SMILES string of the molecule is CC(C)Oc1ccc(C2=CC(=O)CC(C)(C)C2)cc1. The average Bonchev–Trinajstić information content (AvgIpc) is 2.26. The van der Waals surface area contributed by atoms with E-state index in [1.54, 1.807) is 6.08 Å². The van der Waals surface area contributed by atoms with Crippen LogP contribution in [0.4, 0.5) is 0 Å². The fourth-order valence-electron chi connectivity index (χ4n) is 2.55. The molecule has 2 rings (SSSR count). The molecule has 2 nitrogen and oxygen atoms in total. The minimum atomic E-state index is 0.0638. The third-order valence-corrected chi connectivity index (χ3v) is 3.25. The van der Waals surface area contributed by atoms with Crippen LogP contribution in [0.5, 0.6) is 5.75 Å². The molecule has 0 atom stereocenters. The zero-order valence-electron chi connectivity index (χ0n) is 12.2. The van der Waals surface area contributed by atoms with Crippen LogP contribution in [0.1, 0.15) is 46.1 Å². The summed E-state index contributed by atoms with van der Waals surface area (Å²) in [6, 6.07) is 8.03. The van der Waals surface area contributed by atoms with Gasteiger partial charge in [0, 0.05) is 6.42 Å². The van der Waals surface area contributed by atoms with Gasteiger partial charge in [0.05, 0.1) is 6.10 Å². The van der Waals surface area contributed by atoms with Gasteiger partial charge in [0.25, 0.3) is 0 Å². The minimum absolute atomic E-state index is 0.0638. The Hall–Kier alpha value is -1.57. The standard InChI is InChI=1S/C17H22O2/c1-12(2)19-16-7-5-13(6-8-16)14-9-15(18)11-17(3,4)10-14/h5-9,12H,10-11H2,1-4H3. The predicted molar refractivity (Wildman–Crippen MR) is 78.2 cm³/mol. The van der Waals surface area contributed by atoms with Crippen LogP contribution in [0.2, 0.25) is 0 Å². The highest BCUT2D eigenvalue weighted by atomic mass is 16.5. The fourth-order valence-corrected chi connectivity index (χ4v) is 2.55. The Bertz CT molecular complexity index is 492. The Morgan fingerprint density at radius 2 is 1.74 bits per heavy atom. The Labute approximate surface area is 115 Å². The molecule has 0 saturated heterocycles. The van der Waals surface area contributed by atoms with Gasteiger partial charge in [0.2, 0.25) is 0 Å². The molecule has 0 N–H and O–H groups in total. The number of rotatable bonds is 3. The zero-order valence-corrected chi connectivity index (χ0v) is 12.2. The smallest absolute Gasteiger partial charge is 0.156 e. The number of carbonyl (C=O) groups is 1. The molecular weight excluding hydrogens is 236 g/mol. The lowest BCUT2D eigenvalue weighted by molar-refractivity contribution is -0.116. The van der Waals surface area contributed by atoms with Crippen molar-refractivity contribution in [3.8, 4) is 5.75 Å². The predicted octanol–water partition coefficient (Wildman–Crippen LogP) is 4.25. The van der Waals surface area contributed by atoms with Crippen LogP contribution in [-0.4, -0.2) is 11.9 Å². The van der Waals surface area contributed by atoms with Crippen molar-refractivity contribution in [1.82, 2.24) is 0 Å². The van der Waals surface area contributed by atoms with E-state index in [0.717, 1.165) is 23.3 Å². The first-order valence-electron chi connectivity index (χ1n) is 6.86. The number of allylic oxidation sites excluding steroid dienone is 2. The molecule has 0 unspecified atom stereocenters. The van der Waals surface area contributed by atoms with Crippen LogP contribution in [0.3, 0.4) is 0 Å². The molecule has 0 bridgehead atoms. The summed E-state index contributed by atoms with van der Waals surface area (Å²) in [5, 5.41) is 0. The third-order valence-electron chi connectivity index (χ3n) is 3.25. The Balaban J connectivity index is 2.20. The van der Waals surface area contributed by atoms with Crippen LogP contribution in [0.25, 0.3) is 5.57 Å². The molecule has 0 spiro atoms. The molecule has 1 aromatic carbocycles. The monoisotopic (exact) mass is 258 g/mol. The number of carbonyl (C=O) groups excluding carboxylic acids is 1. The third kappa shape index (κ3) is 3.69. The summed E-state index contributed by atoms with van der Waals surface area (Å²) < 4.78 is 5.63. The van der Waals surface area contributed by atoms with E-state index < -0.39 is 0 Å². The highest BCUT2D eigenvalue weighted by Crippen LogP contribution is 2.38. The lowest BCUT2D eigenvalue weighted by atomic mass is 9.75. The number of benzene rings is 1. The summed E-state index contributed by atoms with van der Waals surface area (Å²) in [7, 11) is 0. The molecule has 1 aliphatic rings. The molecule has 2 heteroatoms. The van der Waals surface area contributed by atoms with Gasteiger partial charge in [-0.25, -0.2) is 0 Å². The van der Waals surface area contributed by atoms with Crippen molar-refractivity contribution in [2.24, 2.45) is 5.41 Å². The summed E-state index contributed by atoms with van der Waals surface area (Å²) >= 11 is 0. The second-order valence-corrected chi connectivity index (χ2v) is 6.34. The van der Waals surface area contributed by atoms with Crippen molar-refractivity contribution < 1.29 is 9.53 Å². The Morgan fingerprint density at radius 3 is 2.26 bits per heavy atom. The maximum absolute atomic E-state index is 11.8. The van der Waals surface area contributed by atoms with Crippen LogP contribution in [-0.2, 0) is 4.79 Å². The summed E-state index contributed by atoms with van der Waals surface area (Å²) in [6.07, 6.45) is 3.57. The summed E-state index contributed by atoms with van der Waals surface area (Å²) in [4.78, 5) is 11.8. The zero-order chi connectivity index (χ0) is 14.0. The largest absolute Gasteiger partial charge is 0.491 e. The van der Waals surface area contributed by atoms with E-state index in [0.29, 0.717) is 6.42 Å². The van der Waals surface area contributed by atoms with Gasteiger partial charge in [-0.15, -0.1) is 0 Å². The molecule has 0 fully saturated rings. The van der Waals surface area contributed by atoms with Crippen molar-refractivity contribution >= 4 is 11.4 Å². The van der Waals surface area contributed by atoms with Crippen molar-refractivity contribution in [3.63, 3.8) is 0 Å². The first-order chi connectivity index (χ1) is 8.85. The van der Waals surface area contributed by atoms with E-state index in [-0.39, 0.29) is 17.3 Å². The first kappa shape index (κ1) is 13.9. The van der Waals surface area contributed by atoms with Crippen LogP contribution in [0.15, 0.2) is 30.3 Å². The van der Waals surface area contributed by atoms with Crippen molar-refractivity contribution in [3.05, 3.63) is 35.9 Å². The topological polar surface area (TPSA) is 26.3 Å². The van der Waals surface area contributed by atoms with Gasteiger partial charge in [-0.2, -0.15) is 0 Å². The fraction of sp³-hybridized carbons (Fsp3) is 0.471. The lowest BCUT2D eigenvalue weighted by Crippen LogP contribution is -2.21. The van der Waals surface area contributed by atoms with Gasteiger partial charge in [0.1, 0.15) is 5.75 Å². The second-order valence-electron chi connectivity index (χ2n) is 6.34. The second kappa shape index (κ2) is 5.20. The number of ketones is 1. The van der Waals surface area contributed by atoms with E-state index in [4.69, 9.17) is 4.74 Å². The van der Waals surface area contributed by atoms with Crippen molar-refractivity contribution in [2.45, 2.75) is 46.6 Å². The van der Waals surface area contributed by atoms with E-state index in [9.17, 15) is 4.79 Å². The normalized spacial score (nSPS) is 18.4. The van der Waals surface area contributed by atoms with E-state index >= 15 is 0 Å². The maximum atomic E-state index is 11.8. The van der Waals surface area contributed by atoms with Gasteiger partial charge in [-0.3, -0.25) is 4.79 Å². The highest BCUT2D eigenvalue weighted by molar-refractivity contribution is 5.99. The van der Waals surface area contributed by atoms with E-state index in [1.165, 1.54) is 0 Å². The highest BCUT2D eigenvalue weighted by Gasteiger charge is 2.27. The van der Waals surface area contributed by atoms with E-state index in [2.05, 4.69) is 13.8 Å². The van der Waals surface area contributed by atoms with Crippen LogP contribution in [0, 0.1) is 5.41 Å². The van der Waals surface area contributed by atoms with Gasteiger partial charge in [-0.05, 0) is 55.0 Å². The van der Waals surface area contributed by atoms with E-state index in [1.807, 2.05) is 38.1 Å². The summed E-state index contributed by atoms with van der Waals surface area (Å²) in [5.41, 5.74) is 2.32. The van der Waals surface area contributed by atoms with Crippen LogP contribution >= 0.6 is 0 Å². The molecule has 1 aliphatic carbocycles.